The molecule has 0 aliphatic rings. The zero-order valence-corrected chi connectivity index (χ0v) is 15.0. The summed E-state index contributed by atoms with van der Waals surface area (Å²) in [7, 11) is 0. The highest BCUT2D eigenvalue weighted by atomic mass is 35.5. The van der Waals surface area contributed by atoms with Crippen LogP contribution in [0.1, 0.15) is 5.69 Å². The molecular formula is C13H5Cl6NO2. The van der Waals surface area contributed by atoms with Gasteiger partial charge in [-0.3, -0.25) is 4.79 Å². The summed E-state index contributed by atoms with van der Waals surface area (Å²) >= 11 is 36.4. The molecule has 0 atom stereocenters. The van der Waals surface area contributed by atoms with E-state index in [9.17, 15) is 4.79 Å². The van der Waals surface area contributed by atoms with Crippen LogP contribution in [0.15, 0.2) is 12.1 Å². The minimum absolute atomic E-state index is 0.0250. The lowest BCUT2D eigenvalue weighted by Gasteiger charge is -2.14. The Bertz CT molecular complexity index is 749. The van der Waals surface area contributed by atoms with Crippen LogP contribution in [0.3, 0.4) is 0 Å². The molecule has 0 saturated heterocycles. The summed E-state index contributed by atoms with van der Waals surface area (Å²) in [6.45, 7) is 0. The highest BCUT2D eigenvalue weighted by Crippen LogP contribution is 2.49. The minimum Gasteiger partial charge on any atom is -0.481 e. The van der Waals surface area contributed by atoms with Crippen LogP contribution in [-0.4, -0.2) is 16.1 Å². The molecular weight excluding hydrogens is 415 g/mol. The highest BCUT2D eigenvalue weighted by molar-refractivity contribution is 6.56. The van der Waals surface area contributed by atoms with Crippen molar-refractivity contribution in [1.29, 1.82) is 0 Å². The maximum absolute atomic E-state index is 10.7. The monoisotopic (exact) mass is 417 g/mol. The maximum Gasteiger partial charge on any atom is 0.309 e. The predicted octanol–water partition coefficient (Wildman–Crippen LogP) is 6.30. The third-order valence-electron chi connectivity index (χ3n) is 2.72. The Balaban J connectivity index is 2.65. The Morgan fingerprint density at radius 3 is 1.86 bits per heavy atom. The summed E-state index contributed by atoms with van der Waals surface area (Å²) < 4.78 is 0. The fourth-order valence-corrected chi connectivity index (χ4v) is 3.36. The molecule has 1 N–H and O–H groups in total. The van der Waals surface area contributed by atoms with E-state index in [0.29, 0.717) is 11.3 Å². The molecule has 2 rings (SSSR count). The van der Waals surface area contributed by atoms with Crippen LogP contribution in [0.5, 0.6) is 0 Å². The summed E-state index contributed by atoms with van der Waals surface area (Å²) in [5, 5.41) is 9.06. The van der Waals surface area contributed by atoms with Crippen LogP contribution in [0.25, 0.3) is 11.1 Å². The van der Waals surface area contributed by atoms with E-state index in [1.807, 2.05) is 0 Å². The van der Waals surface area contributed by atoms with E-state index in [4.69, 9.17) is 74.7 Å². The number of benzene rings is 1. The van der Waals surface area contributed by atoms with Crippen molar-refractivity contribution in [3.63, 3.8) is 0 Å². The van der Waals surface area contributed by atoms with Gasteiger partial charge in [-0.15, -0.1) is 0 Å². The van der Waals surface area contributed by atoms with Crippen molar-refractivity contribution < 1.29 is 9.90 Å². The molecule has 1 aromatic heterocycles. The SMILES string of the molecule is O=C(O)Cc1ccc(-c2c(Cl)c(Cl)c(Cl)c(Cl)c2Cl)c(Cl)n1. The van der Waals surface area contributed by atoms with Gasteiger partial charge in [0.05, 0.1) is 37.2 Å². The number of aromatic nitrogens is 1. The number of aliphatic carboxylic acids is 1. The number of rotatable bonds is 3. The Morgan fingerprint density at radius 1 is 0.909 bits per heavy atom. The quantitative estimate of drug-likeness (QED) is 0.361. The minimum atomic E-state index is -1.02. The van der Waals surface area contributed by atoms with E-state index < -0.39 is 5.97 Å². The predicted molar refractivity (Wildman–Crippen MR) is 91.1 cm³/mol. The van der Waals surface area contributed by atoms with Crippen molar-refractivity contribution in [1.82, 2.24) is 4.98 Å². The number of hydrogen-bond donors (Lipinski definition) is 1. The fraction of sp³-hybridized carbons (Fsp3) is 0.0769. The fourth-order valence-electron chi connectivity index (χ4n) is 1.75. The van der Waals surface area contributed by atoms with E-state index in [0.717, 1.165) is 0 Å². The van der Waals surface area contributed by atoms with E-state index in [1.165, 1.54) is 6.07 Å². The lowest BCUT2D eigenvalue weighted by molar-refractivity contribution is -0.136. The lowest BCUT2D eigenvalue weighted by atomic mass is 10.1. The van der Waals surface area contributed by atoms with Crippen LogP contribution in [0.4, 0.5) is 0 Å². The van der Waals surface area contributed by atoms with E-state index in [1.54, 1.807) is 6.07 Å². The zero-order valence-electron chi connectivity index (χ0n) is 10.4. The van der Waals surface area contributed by atoms with Gasteiger partial charge in [0.1, 0.15) is 5.15 Å². The molecule has 9 heteroatoms. The first-order valence-corrected chi connectivity index (χ1v) is 7.89. The molecule has 0 radical (unpaired) electrons. The third-order valence-corrected chi connectivity index (χ3v) is 5.28. The van der Waals surface area contributed by atoms with Gasteiger partial charge in [-0.05, 0) is 12.1 Å². The smallest absolute Gasteiger partial charge is 0.309 e. The van der Waals surface area contributed by atoms with Gasteiger partial charge in [0.2, 0.25) is 0 Å². The average Bonchev–Trinajstić information content (AvgIpc) is 2.45. The summed E-state index contributed by atoms with van der Waals surface area (Å²) in [5.74, 6) is -1.02. The van der Waals surface area contributed by atoms with Crippen molar-refractivity contribution in [3.8, 4) is 11.1 Å². The number of carboxylic acid groups (broad SMARTS) is 1. The Kier molecular flexibility index (Phi) is 5.70. The summed E-state index contributed by atoms with van der Waals surface area (Å²) in [6.07, 6.45) is -0.260. The van der Waals surface area contributed by atoms with Crippen molar-refractivity contribution in [2.45, 2.75) is 6.42 Å². The van der Waals surface area contributed by atoms with Crippen molar-refractivity contribution in [2.24, 2.45) is 0 Å². The number of nitrogens with zero attached hydrogens (tertiary/aromatic N) is 1. The van der Waals surface area contributed by atoms with E-state index in [2.05, 4.69) is 4.98 Å². The molecule has 0 aliphatic heterocycles. The zero-order chi connectivity index (χ0) is 16.6. The molecule has 0 spiro atoms. The second-order valence-electron chi connectivity index (χ2n) is 4.16. The number of hydrogen-bond acceptors (Lipinski definition) is 2. The van der Waals surface area contributed by atoms with Crippen LogP contribution < -0.4 is 0 Å². The Morgan fingerprint density at radius 2 is 1.41 bits per heavy atom. The van der Waals surface area contributed by atoms with E-state index in [-0.39, 0.29) is 42.3 Å². The second kappa shape index (κ2) is 7.00. The molecule has 0 saturated carbocycles. The number of carbonyl (C=O) groups is 1. The lowest BCUT2D eigenvalue weighted by Crippen LogP contribution is -2.02. The third kappa shape index (κ3) is 3.40. The molecule has 0 aliphatic carbocycles. The Labute approximate surface area is 155 Å². The number of halogens is 6. The summed E-state index contributed by atoms with van der Waals surface area (Å²) in [4.78, 5) is 14.7. The first-order chi connectivity index (χ1) is 10.2. The molecule has 0 bridgehead atoms. The first kappa shape index (κ1) is 17.9. The van der Waals surface area contributed by atoms with Gasteiger partial charge in [-0.2, -0.15) is 0 Å². The van der Waals surface area contributed by atoms with Crippen molar-refractivity contribution in [2.75, 3.05) is 0 Å². The topological polar surface area (TPSA) is 50.2 Å². The molecule has 2 aromatic rings. The first-order valence-electron chi connectivity index (χ1n) is 5.63. The maximum atomic E-state index is 10.7. The molecule has 0 amide bonds. The summed E-state index contributed by atoms with van der Waals surface area (Å²) in [5.41, 5.74) is 0.938. The van der Waals surface area contributed by atoms with Gasteiger partial charge in [0, 0.05) is 11.1 Å². The van der Waals surface area contributed by atoms with Crippen LogP contribution in [-0.2, 0) is 11.2 Å². The van der Waals surface area contributed by atoms with Gasteiger partial charge in [0.15, 0.2) is 0 Å². The Hall–Kier alpha value is -0.420. The molecule has 1 heterocycles. The number of carboxylic acids is 1. The molecule has 116 valence electrons. The summed E-state index contributed by atoms with van der Waals surface area (Å²) in [6, 6.07) is 3.04. The van der Waals surface area contributed by atoms with Gasteiger partial charge in [0.25, 0.3) is 0 Å². The average molecular weight is 420 g/mol. The normalized spacial score (nSPS) is 10.8. The van der Waals surface area contributed by atoms with Crippen LogP contribution >= 0.6 is 69.6 Å². The second-order valence-corrected chi connectivity index (χ2v) is 6.40. The van der Waals surface area contributed by atoms with Crippen LogP contribution in [0, 0.1) is 0 Å². The molecule has 1 aromatic carbocycles. The molecule has 0 unspecified atom stereocenters. The van der Waals surface area contributed by atoms with Crippen molar-refractivity contribution in [3.05, 3.63) is 48.1 Å². The highest BCUT2D eigenvalue weighted by Gasteiger charge is 2.22. The van der Waals surface area contributed by atoms with Crippen molar-refractivity contribution >= 4 is 75.6 Å². The van der Waals surface area contributed by atoms with Crippen LogP contribution in [0.2, 0.25) is 30.3 Å². The largest absolute Gasteiger partial charge is 0.481 e. The van der Waals surface area contributed by atoms with E-state index >= 15 is 0 Å². The van der Waals surface area contributed by atoms with Gasteiger partial charge in [-0.1, -0.05) is 69.6 Å². The van der Waals surface area contributed by atoms with Gasteiger partial charge in [-0.25, -0.2) is 4.98 Å². The molecule has 22 heavy (non-hydrogen) atoms. The van der Waals surface area contributed by atoms with Gasteiger partial charge >= 0.3 is 5.97 Å². The molecule has 3 nitrogen and oxygen atoms in total. The molecule has 0 fully saturated rings. The standard InChI is InChI=1S/C13H5Cl6NO2/c14-8-7(9(15)11(17)12(18)10(8)16)5-2-1-4(3-6(21)22)20-13(5)19/h1-2H,3H2,(H,21,22). The number of pyridine rings is 1. The van der Waals surface area contributed by atoms with Gasteiger partial charge < -0.3 is 5.11 Å².